The first-order valence-electron chi connectivity index (χ1n) is 5.40. The number of rotatable bonds is 2. The second-order valence-electron chi connectivity index (χ2n) is 3.79. The summed E-state index contributed by atoms with van der Waals surface area (Å²) >= 11 is 0. The molecule has 0 aliphatic heterocycles. The number of ether oxygens (including phenoxy) is 1. The first-order chi connectivity index (χ1) is 8.79. The van der Waals surface area contributed by atoms with E-state index >= 15 is 0 Å². The Balaban J connectivity index is 2.26. The molecule has 0 fully saturated rings. The Morgan fingerprint density at radius 2 is 2.17 bits per heavy atom. The Morgan fingerprint density at radius 3 is 3.00 bits per heavy atom. The van der Waals surface area contributed by atoms with Crippen LogP contribution < -0.4 is 4.74 Å². The van der Waals surface area contributed by atoms with Gasteiger partial charge in [0.1, 0.15) is 11.6 Å². The van der Waals surface area contributed by atoms with Crippen molar-refractivity contribution < 1.29 is 9.13 Å². The zero-order valence-electron chi connectivity index (χ0n) is 9.67. The van der Waals surface area contributed by atoms with Gasteiger partial charge in [-0.15, -0.1) is 0 Å². The van der Waals surface area contributed by atoms with Crippen molar-refractivity contribution in [2.45, 2.75) is 0 Å². The van der Waals surface area contributed by atoms with E-state index in [1.54, 1.807) is 30.9 Å². The molecular formula is C13H10FN3O. The molecule has 4 nitrogen and oxygen atoms in total. The van der Waals surface area contributed by atoms with Crippen molar-refractivity contribution in [3.05, 3.63) is 48.8 Å². The highest BCUT2D eigenvalue weighted by atomic mass is 19.1. The summed E-state index contributed by atoms with van der Waals surface area (Å²) in [7, 11) is 1.52. The molecule has 2 heterocycles. The van der Waals surface area contributed by atoms with Crippen LogP contribution in [0, 0.1) is 5.82 Å². The highest BCUT2D eigenvalue weighted by Crippen LogP contribution is 2.30. The molecule has 3 rings (SSSR count). The third-order valence-corrected chi connectivity index (χ3v) is 2.76. The second kappa shape index (κ2) is 4.10. The van der Waals surface area contributed by atoms with Gasteiger partial charge in [0, 0.05) is 24.0 Å². The van der Waals surface area contributed by atoms with Crippen molar-refractivity contribution >= 4 is 5.65 Å². The molecule has 0 bridgehead atoms. The summed E-state index contributed by atoms with van der Waals surface area (Å²) in [5.41, 5.74) is 2.36. The Hall–Kier alpha value is -2.43. The number of benzene rings is 1. The maximum atomic E-state index is 13.2. The van der Waals surface area contributed by atoms with Gasteiger partial charge in [-0.25, -0.2) is 9.37 Å². The van der Waals surface area contributed by atoms with Crippen LogP contribution in [0.15, 0.2) is 43.0 Å². The van der Waals surface area contributed by atoms with Crippen LogP contribution in [0.4, 0.5) is 4.39 Å². The molecule has 1 aromatic carbocycles. The fraction of sp³-hybridized carbons (Fsp3) is 0.0769. The minimum absolute atomic E-state index is 0.328. The number of hydrogen-bond acceptors (Lipinski definition) is 3. The lowest BCUT2D eigenvalue weighted by molar-refractivity contribution is 0.413. The molecule has 0 atom stereocenters. The molecule has 0 radical (unpaired) electrons. The van der Waals surface area contributed by atoms with Crippen molar-refractivity contribution in [1.29, 1.82) is 0 Å². The van der Waals surface area contributed by atoms with E-state index in [1.165, 1.54) is 19.2 Å². The fourth-order valence-electron chi connectivity index (χ4n) is 1.92. The van der Waals surface area contributed by atoms with Crippen molar-refractivity contribution in [1.82, 2.24) is 14.4 Å². The fourth-order valence-corrected chi connectivity index (χ4v) is 1.92. The predicted molar refractivity (Wildman–Crippen MR) is 64.9 cm³/mol. The Kier molecular flexibility index (Phi) is 2.44. The lowest BCUT2D eigenvalue weighted by Crippen LogP contribution is -1.93. The summed E-state index contributed by atoms with van der Waals surface area (Å²) in [5, 5.41) is 0. The van der Waals surface area contributed by atoms with E-state index in [0.717, 1.165) is 16.9 Å². The SMILES string of the molecule is COc1cc(F)ccc1-c1cnc2cnccn12. The standard InChI is InChI=1S/C13H10FN3O/c1-18-12-6-9(14)2-3-10(12)11-7-16-13-8-15-4-5-17(11)13/h2-8H,1H3. The Bertz CT molecular complexity index is 708. The van der Waals surface area contributed by atoms with E-state index < -0.39 is 0 Å². The van der Waals surface area contributed by atoms with Gasteiger partial charge in [-0.2, -0.15) is 0 Å². The maximum Gasteiger partial charge on any atom is 0.155 e. The van der Waals surface area contributed by atoms with Gasteiger partial charge in [-0.3, -0.25) is 9.38 Å². The molecule has 3 aromatic rings. The maximum absolute atomic E-state index is 13.2. The molecule has 0 aliphatic carbocycles. The highest BCUT2D eigenvalue weighted by Gasteiger charge is 2.11. The minimum atomic E-state index is -0.328. The number of imidazole rings is 1. The van der Waals surface area contributed by atoms with Crippen molar-refractivity contribution in [2.75, 3.05) is 7.11 Å². The molecule has 0 N–H and O–H groups in total. The van der Waals surface area contributed by atoms with Crippen LogP contribution in [0.3, 0.4) is 0 Å². The van der Waals surface area contributed by atoms with Crippen LogP contribution in [0.25, 0.3) is 16.9 Å². The first kappa shape index (κ1) is 10.7. The zero-order chi connectivity index (χ0) is 12.5. The monoisotopic (exact) mass is 243 g/mol. The van der Waals surface area contributed by atoms with E-state index in [2.05, 4.69) is 9.97 Å². The van der Waals surface area contributed by atoms with E-state index in [-0.39, 0.29) is 5.82 Å². The second-order valence-corrected chi connectivity index (χ2v) is 3.79. The minimum Gasteiger partial charge on any atom is -0.496 e. The lowest BCUT2D eigenvalue weighted by atomic mass is 10.1. The highest BCUT2D eigenvalue weighted by molar-refractivity contribution is 5.69. The zero-order valence-corrected chi connectivity index (χ0v) is 9.67. The van der Waals surface area contributed by atoms with Gasteiger partial charge >= 0.3 is 0 Å². The third kappa shape index (κ3) is 1.60. The van der Waals surface area contributed by atoms with Gasteiger partial charge in [0.2, 0.25) is 0 Å². The third-order valence-electron chi connectivity index (χ3n) is 2.76. The number of methoxy groups -OCH3 is 1. The summed E-state index contributed by atoms with van der Waals surface area (Å²) in [6, 6.07) is 4.44. The van der Waals surface area contributed by atoms with E-state index in [1.807, 2.05) is 4.40 Å². The Labute approximate surface area is 103 Å². The van der Waals surface area contributed by atoms with Crippen LogP contribution in [0.1, 0.15) is 0 Å². The first-order valence-corrected chi connectivity index (χ1v) is 5.40. The van der Waals surface area contributed by atoms with E-state index in [9.17, 15) is 4.39 Å². The number of hydrogen-bond donors (Lipinski definition) is 0. The number of nitrogens with zero attached hydrogens (tertiary/aromatic N) is 3. The summed E-state index contributed by atoms with van der Waals surface area (Å²) in [4.78, 5) is 8.25. The molecule has 2 aromatic heterocycles. The predicted octanol–water partition coefficient (Wildman–Crippen LogP) is 2.54. The topological polar surface area (TPSA) is 39.4 Å². The van der Waals surface area contributed by atoms with E-state index in [4.69, 9.17) is 4.74 Å². The molecule has 5 heteroatoms. The van der Waals surface area contributed by atoms with Crippen LogP contribution in [-0.4, -0.2) is 21.5 Å². The van der Waals surface area contributed by atoms with Gasteiger partial charge in [-0.1, -0.05) is 0 Å². The molecule has 0 saturated carbocycles. The molecule has 0 spiro atoms. The normalized spacial score (nSPS) is 10.8. The largest absolute Gasteiger partial charge is 0.496 e. The average Bonchev–Trinajstić information content (AvgIpc) is 2.82. The number of fused-ring (bicyclic) bond motifs is 1. The van der Waals surface area contributed by atoms with Gasteiger partial charge in [0.25, 0.3) is 0 Å². The lowest BCUT2D eigenvalue weighted by Gasteiger charge is -2.08. The van der Waals surface area contributed by atoms with E-state index in [0.29, 0.717) is 5.75 Å². The summed E-state index contributed by atoms with van der Waals surface area (Å²) in [6.07, 6.45) is 6.86. The smallest absolute Gasteiger partial charge is 0.155 e. The van der Waals surface area contributed by atoms with Gasteiger partial charge in [0.05, 0.1) is 25.2 Å². The molecule has 0 amide bonds. The summed E-state index contributed by atoms with van der Waals surface area (Å²) in [6.45, 7) is 0. The molecule has 18 heavy (non-hydrogen) atoms. The summed E-state index contributed by atoms with van der Waals surface area (Å²) in [5.74, 6) is 0.152. The van der Waals surface area contributed by atoms with Crippen LogP contribution >= 0.6 is 0 Å². The molecular weight excluding hydrogens is 233 g/mol. The average molecular weight is 243 g/mol. The van der Waals surface area contributed by atoms with Crippen molar-refractivity contribution in [2.24, 2.45) is 0 Å². The Morgan fingerprint density at radius 1 is 1.28 bits per heavy atom. The number of halogens is 1. The van der Waals surface area contributed by atoms with Gasteiger partial charge < -0.3 is 4.74 Å². The van der Waals surface area contributed by atoms with Crippen LogP contribution in [0.5, 0.6) is 5.75 Å². The number of aromatic nitrogens is 3. The van der Waals surface area contributed by atoms with Crippen LogP contribution in [-0.2, 0) is 0 Å². The van der Waals surface area contributed by atoms with Gasteiger partial charge in [-0.05, 0) is 12.1 Å². The van der Waals surface area contributed by atoms with Crippen LogP contribution in [0.2, 0.25) is 0 Å². The van der Waals surface area contributed by atoms with Crippen molar-refractivity contribution in [3.63, 3.8) is 0 Å². The van der Waals surface area contributed by atoms with Crippen molar-refractivity contribution in [3.8, 4) is 17.0 Å². The molecule has 0 aliphatic rings. The molecule has 0 unspecified atom stereocenters. The van der Waals surface area contributed by atoms with Gasteiger partial charge in [0.15, 0.2) is 5.65 Å². The molecule has 90 valence electrons. The summed E-state index contributed by atoms with van der Waals surface area (Å²) < 4.78 is 20.3. The quantitative estimate of drug-likeness (QED) is 0.694. The molecule has 0 saturated heterocycles.